The second kappa shape index (κ2) is 9.02. The van der Waals surface area contributed by atoms with Gasteiger partial charge in [-0.2, -0.15) is 0 Å². The lowest BCUT2D eigenvalue weighted by molar-refractivity contribution is -0.119. The van der Waals surface area contributed by atoms with Gasteiger partial charge in [-0.05, 0) is 25.1 Å². The Labute approximate surface area is 165 Å². The van der Waals surface area contributed by atoms with Crippen molar-refractivity contribution in [3.05, 3.63) is 30.1 Å². The molecule has 0 unspecified atom stereocenters. The normalized spacial score (nSPS) is 15.2. The van der Waals surface area contributed by atoms with Crippen LogP contribution >= 0.6 is 11.8 Å². The summed E-state index contributed by atoms with van der Waals surface area (Å²) >= 11 is 1.13. The molecule has 0 aliphatic carbocycles. The molecule has 9 nitrogen and oxygen atoms in total. The Hall–Kier alpha value is -2.66. The fourth-order valence-corrected chi connectivity index (χ4v) is 3.50. The zero-order valence-corrected chi connectivity index (χ0v) is 16.3. The average molecular weight is 408 g/mol. The topological polar surface area (TPSA) is 101 Å². The lowest BCUT2D eigenvalue weighted by atomic mass is 10.3. The highest BCUT2D eigenvalue weighted by molar-refractivity contribution is 8.00. The van der Waals surface area contributed by atoms with Gasteiger partial charge in [-0.1, -0.05) is 17.8 Å². The van der Waals surface area contributed by atoms with Gasteiger partial charge in [-0.25, -0.2) is 9.18 Å². The number of benzene rings is 1. The monoisotopic (exact) mass is 408 g/mol. The maximum Gasteiger partial charge on any atom is 0.321 e. The molecule has 1 aromatic heterocycles. The van der Waals surface area contributed by atoms with Gasteiger partial charge in [0.05, 0.1) is 24.2 Å². The number of carbonyl (C=O) groups is 2. The molecule has 1 aromatic carbocycles. The highest BCUT2D eigenvalue weighted by Crippen LogP contribution is 2.30. The van der Waals surface area contributed by atoms with E-state index >= 15 is 0 Å². The summed E-state index contributed by atoms with van der Waals surface area (Å²) in [5, 5.41) is 12.8. The summed E-state index contributed by atoms with van der Waals surface area (Å²) in [5.74, 6) is -0.304. The van der Waals surface area contributed by atoms with Crippen molar-refractivity contribution in [2.75, 3.05) is 38.3 Å². The SMILES string of the molecule is CNC(=O)NC(=O)[C@@H](C)Sc1nnc(N2CCOCC2)n1-c1cccc(F)c1. The van der Waals surface area contributed by atoms with Crippen LogP contribution in [0, 0.1) is 5.82 Å². The van der Waals surface area contributed by atoms with Crippen molar-refractivity contribution in [1.82, 2.24) is 25.4 Å². The summed E-state index contributed by atoms with van der Waals surface area (Å²) in [6.45, 7) is 4.03. The van der Waals surface area contributed by atoms with Crippen LogP contribution in [0.4, 0.5) is 15.1 Å². The second-order valence-corrected chi connectivity index (χ2v) is 7.33. The zero-order valence-electron chi connectivity index (χ0n) is 15.5. The molecule has 0 saturated carbocycles. The highest BCUT2D eigenvalue weighted by Gasteiger charge is 2.25. The van der Waals surface area contributed by atoms with Gasteiger partial charge in [-0.3, -0.25) is 14.7 Å². The number of rotatable bonds is 5. The predicted molar refractivity (Wildman–Crippen MR) is 102 cm³/mol. The number of ether oxygens (including phenoxy) is 1. The van der Waals surface area contributed by atoms with Gasteiger partial charge in [0.2, 0.25) is 11.9 Å². The fourth-order valence-electron chi connectivity index (χ4n) is 2.64. The average Bonchev–Trinajstić information content (AvgIpc) is 3.12. The number of urea groups is 1. The fraction of sp³-hybridized carbons (Fsp3) is 0.412. The minimum atomic E-state index is -0.619. The molecule has 0 bridgehead atoms. The summed E-state index contributed by atoms with van der Waals surface area (Å²) in [4.78, 5) is 25.6. The van der Waals surface area contributed by atoms with Crippen LogP contribution in [0.5, 0.6) is 0 Å². The molecular formula is C17H21FN6O3S. The third-order valence-electron chi connectivity index (χ3n) is 4.09. The summed E-state index contributed by atoms with van der Waals surface area (Å²) in [5.41, 5.74) is 0.549. The summed E-state index contributed by atoms with van der Waals surface area (Å²) in [7, 11) is 1.43. The Kier molecular flexibility index (Phi) is 6.47. The first-order chi connectivity index (χ1) is 13.5. The molecule has 0 spiro atoms. The number of halogens is 1. The van der Waals surface area contributed by atoms with Crippen LogP contribution in [0.15, 0.2) is 29.4 Å². The Morgan fingerprint density at radius 2 is 2.04 bits per heavy atom. The largest absolute Gasteiger partial charge is 0.378 e. The summed E-state index contributed by atoms with van der Waals surface area (Å²) < 4.78 is 20.9. The molecule has 1 atom stereocenters. The highest BCUT2D eigenvalue weighted by atomic mass is 32.2. The molecule has 3 amide bonds. The molecule has 1 saturated heterocycles. The molecule has 2 aromatic rings. The number of nitrogens with one attached hydrogen (secondary N) is 2. The molecule has 1 aliphatic rings. The van der Waals surface area contributed by atoms with Crippen LogP contribution in [0.2, 0.25) is 0 Å². The number of amides is 3. The number of imide groups is 1. The van der Waals surface area contributed by atoms with E-state index in [2.05, 4.69) is 20.8 Å². The van der Waals surface area contributed by atoms with Gasteiger partial charge in [-0.15, -0.1) is 10.2 Å². The first kappa shape index (κ1) is 20.1. The molecule has 0 radical (unpaired) electrons. The van der Waals surface area contributed by atoms with E-state index in [1.807, 2.05) is 4.90 Å². The van der Waals surface area contributed by atoms with Crippen LogP contribution in [-0.4, -0.2) is 65.3 Å². The quantitative estimate of drug-likeness (QED) is 0.717. The van der Waals surface area contributed by atoms with Crippen molar-refractivity contribution in [1.29, 1.82) is 0 Å². The van der Waals surface area contributed by atoms with Crippen LogP contribution < -0.4 is 15.5 Å². The molecule has 11 heteroatoms. The number of aromatic nitrogens is 3. The number of thioether (sulfide) groups is 1. The molecular weight excluding hydrogens is 387 g/mol. The Balaban J connectivity index is 1.91. The lowest BCUT2D eigenvalue weighted by Gasteiger charge is -2.28. The van der Waals surface area contributed by atoms with Crippen LogP contribution in [0.3, 0.4) is 0 Å². The van der Waals surface area contributed by atoms with E-state index in [4.69, 9.17) is 4.74 Å². The van der Waals surface area contributed by atoms with E-state index < -0.39 is 17.2 Å². The first-order valence-corrected chi connectivity index (χ1v) is 9.61. The maximum atomic E-state index is 13.8. The number of carbonyl (C=O) groups excluding carboxylic acids is 2. The van der Waals surface area contributed by atoms with E-state index in [9.17, 15) is 14.0 Å². The first-order valence-electron chi connectivity index (χ1n) is 8.73. The van der Waals surface area contributed by atoms with Gasteiger partial charge in [0.15, 0.2) is 5.16 Å². The van der Waals surface area contributed by atoms with Crippen LogP contribution in [0.25, 0.3) is 5.69 Å². The van der Waals surface area contributed by atoms with Crippen molar-refractivity contribution in [3.63, 3.8) is 0 Å². The van der Waals surface area contributed by atoms with Gasteiger partial charge < -0.3 is 15.0 Å². The number of hydrogen-bond donors (Lipinski definition) is 2. The molecule has 2 heterocycles. The van der Waals surface area contributed by atoms with E-state index in [1.165, 1.54) is 19.2 Å². The second-order valence-electron chi connectivity index (χ2n) is 6.03. The van der Waals surface area contributed by atoms with E-state index in [0.29, 0.717) is 43.1 Å². The summed E-state index contributed by atoms with van der Waals surface area (Å²) in [6, 6.07) is 5.50. The molecule has 28 heavy (non-hydrogen) atoms. The van der Waals surface area contributed by atoms with Crippen LogP contribution in [0.1, 0.15) is 6.92 Å². The van der Waals surface area contributed by atoms with Crippen molar-refractivity contribution in [2.24, 2.45) is 0 Å². The molecule has 150 valence electrons. The van der Waals surface area contributed by atoms with Gasteiger partial charge in [0.25, 0.3) is 0 Å². The summed E-state index contributed by atoms with van der Waals surface area (Å²) in [6.07, 6.45) is 0. The van der Waals surface area contributed by atoms with Crippen LogP contribution in [-0.2, 0) is 9.53 Å². The molecule has 3 rings (SSSR count). The Morgan fingerprint density at radius 3 is 2.71 bits per heavy atom. The predicted octanol–water partition coefficient (Wildman–Crippen LogP) is 1.18. The molecule has 1 aliphatic heterocycles. The van der Waals surface area contributed by atoms with E-state index in [-0.39, 0.29) is 5.82 Å². The van der Waals surface area contributed by atoms with Gasteiger partial charge in [0.1, 0.15) is 5.82 Å². The smallest absolute Gasteiger partial charge is 0.321 e. The van der Waals surface area contributed by atoms with Crippen molar-refractivity contribution >= 4 is 29.6 Å². The third-order valence-corrected chi connectivity index (χ3v) is 5.13. The van der Waals surface area contributed by atoms with Gasteiger partial charge >= 0.3 is 6.03 Å². The number of hydrogen-bond acceptors (Lipinski definition) is 7. The number of morpholine rings is 1. The van der Waals surface area contributed by atoms with E-state index in [0.717, 1.165) is 11.8 Å². The zero-order chi connectivity index (χ0) is 20.1. The maximum absolute atomic E-state index is 13.8. The Bertz CT molecular complexity index is 855. The molecule has 1 fully saturated rings. The standard InChI is InChI=1S/C17H21FN6O3S/c1-11(14(25)20-15(26)19-2)28-17-22-21-16(23-6-8-27-9-7-23)24(17)13-5-3-4-12(18)10-13/h3-5,10-11H,6-9H2,1-2H3,(H2,19,20,25,26)/t11-/m1/s1. The third kappa shape index (κ3) is 4.60. The number of nitrogens with zero attached hydrogens (tertiary/aromatic N) is 4. The minimum Gasteiger partial charge on any atom is -0.378 e. The van der Waals surface area contributed by atoms with E-state index in [1.54, 1.807) is 23.6 Å². The number of anilines is 1. The Morgan fingerprint density at radius 1 is 1.29 bits per heavy atom. The molecule has 2 N–H and O–H groups in total. The van der Waals surface area contributed by atoms with Crippen molar-refractivity contribution in [2.45, 2.75) is 17.3 Å². The minimum absolute atomic E-state index is 0.388. The lowest BCUT2D eigenvalue weighted by Crippen LogP contribution is -2.41. The van der Waals surface area contributed by atoms with Gasteiger partial charge in [0, 0.05) is 20.1 Å². The van der Waals surface area contributed by atoms with Crippen molar-refractivity contribution in [3.8, 4) is 5.69 Å². The van der Waals surface area contributed by atoms with Crippen molar-refractivity contribution < 1.29 is 18.7 Å².